The van der Waals surface area contributed by atoms with Gasteiger partial charge in [0.2, 0.25) is 0 Å². The third-order valence-corrected chi connectivity index (χ3v) is 3.70. The predicted octanol–water partition coefficient (Wildman–Crippen LogP) is 4.96. The van der Waals surface area contributed by atoms with Gasteiger partial charge in [0.05, 0.1) is 0 Å². The molecule has 2 rings (SSSR count). The first-order valence-electron chi connectivity index (χ1n) is 7.17. The molecular formula is C18H19BrN2O. The van der Waals surface area contributed by atoms with E-state index in [0.717, 1.165) is 21.3 Å². The van der Waals surface area contributed by atoms with Gasteiger partial charge in [0.1, 0.15) is 0 Å². The van der Waals surface area contributed by atoms with E-state index in [1.165, 1.54) is 0 Å². The molecule has 1 N–H and O–H groups in total. The van der Waals surface area contributed by atoms with Crippen LogP contribution in [0.25, 0.3) is 6.08 Å². The molecule has 3 nitrogen and oxygen atoms in total. The molecule has 0 fully saturated rings. The summed E-state index contributed by atoms with van der Waals surface area (Å²) < 4.78 is 1.01. The van der Waals surface area contributed by atoms with E-state index in [1.54, 1.807) is 11.1 Å². The number of nitrogens with zero attached hydrogens (tertiary/aromatic N) is 1. The van der Waals surface area contributed by atoms with E-state index in [9.17, 15) is 4.79 Å². The summed E-state index contributed by atoms with van der Waals surface area (Å²) in [5, 5.41) is 2.81. The van der Waals surface area contributed by atoms with Crippen molar-refractivity contribution in [1.29, 1.82) is 0 Å². The average Bonchev–Trinajstić information content (AvgIpc) is 2.48. The number of aryl methyl sites for hydroxylation is 1. The molecule has 2 amide bonds. The first-order chi connectivity index (χ1) is 10.6. The van der Waals surface area contributed by atoms with Crippen molar-refractivity contribution in [3.63, 3.8) is 0 Å². The van der Waals surface area contributed by atoms with Crippen LogP contribution < -0.4 is 10.2 Å². The highest BCUT2D eigenvalue weighted by Crippen LogP contribution is 2.16. The minimum Gasteiger partial charge on any atom is -0.314 e. The molecule has 0 aliphatic heterocycles. The Labute approximate surface area is 139 Å². The van der Waals surface area contributed by atoms with E-state index in [1.807, 2.05) is 68.5 Å². The summed E-state index contributed by atoms with van der Waals surface area (Å²) in [4.78, 5) is 14.0. The molecule has 0 aromatic heterocycles. The van der Waals surface area contributed by atoms with Crippen molar-refractivity contribution in [3.05, 3.63) is 70.3 Å². The van der Waals surface area contributed by atoms with Gasteiger partial charge in [0.15, 0.2) is 0 Å². The van der Waals surface area contributed by atoms with E-state index < -0.39 is 0 Å². The normalized spacial score (nSPS) is 10.7. The van der Waals surface area contributed by atoms with Gasteiger partial charge < -0.3 is 5.32 Å². The minimum atomic E-state index is -0.139. The maximum absolute atomic E-state index is 12.3. The Morgan fingerprint density at radius 2 is 2.00 bits per heavy atom. The van der Waals surface area contributed by atoms with Crippen LogP contribution in [-0.2, 0) is 0 Å². The van der Waals surface area contributed by atoms with Crippen LogP contribution in [-0.4, -0.2) is 12.6 Å². The second-order valence-electron chi connectivity index (χ2n) is 4.92. The third kappa shape index (κ3) is 4.46. The van der Waals surface area contributed by atoms with Gasteiger partial charge >= 0.3 is 6.03 Å². The topological polar surface area (TPSA) is 32.3 Å². The number of nitrogens with one attached hydrogen (secondary N) is 1. The number of halogens is 1. The number of carbonyl (C=O) groups is 1. The van der Waals surface area contributed by atoms with Crippen LogP contribution in [0.5, 0.6) is 0 Å². The Morgan fingerprint density at radius 1 is 1.23 bits per heavy atom. The van der Waals surface area contributed by atoms with Crippen LogP contribution in [0.1, 0.15) is 18.1 Å². The molecule has 0 unspecified atom stereocenters. The summed E-state index contributed by atoms with van der Waals surface area (Å²) in [7, 11) is 0. The van der Waals surface area contributed by atoms with E-state index >= 15 is 0 Å². The molecule has 0 saturated carbocycles. The average molecular weight is 359 g/mol. The lowest BCUT2D eigenvalue weighted by Gasteiger charge is -2.20. The summed E-state index contributed by atoms with van der Waals surface area (Å²) in [5.74, 6) is 0. The van der Waals surface area contributed by atoms with Gasteiger partial charge in [-0.1, -0.05) is 40.2 Å². The summed E-state index contributed by atoms with van der Waals surface area (Å²) in [5.41, 5.74) is 3.05. The van der Waals surface area contributed by atoms with Crippen LogP contribution in [0.3, 0.4) is 0 Å². The highest BCUT2D eigenvalue weighted by molar-refractivity contribution is 9.10. The fourth-order valence-electron chi connectivity index (χ4n) is 2.14. The molecule has 22 heavy (non-hydrogen) atoms. The van der Waals surface area contributed by atoms with E-state index in [0.29, 0.717) is 6.54 Å². The van der Waals surface area contributed by atoms with Crippen LogP contribution >= 0.6 is 15.9 Å². The van der Waals surface area contributed by atoms with E-state index in [4.69, 9.17) is 0 Å². The summed E-state index contributed by atoms with van der Waals surface area (Å²) in [6.07, 6.45) is 3.54. The summed E-state index contributed by atoms with van der Waals surface area (Å²) >= 11 is 3.43. The van der Waals surface area contributed by atoms with Crippen molar-refractivity contribution in [2.45, 2.75) is 13.8 Å². The molecule has 0 spiro atoms. The van der Waals surface area contributed by atoms with Crippen molar-refractivity contribution >= 4 is 33.7 Å². The molecule has 2 aromatic carbocycles. The number of carbonyl (C=O) groups excluding carboxylic acids is 1. The number of hydrogen-bond acceptors (Lipinski definition) is 1. The molecule has 0 atom stereocenters. The van der Waals surface area contributed by atoms with Crippen LogP contribution in [0.4, 0.5) is 10.5 Å². The number of urea groups is 1. The first-order valence-corrected chi connectivity index (χ1v) is 7.96. The standard InChI is InChI=1S/C18H19BrN2O/c1-3-21(17-9-4-6-14(2)12-17)18(22)20-11-10-15-7-5-8-16(19)13-15/h4-13H,3H2,1-2H3,(H,20,22)/b11-10+. The lowest BCUT2D eigenvalue weighted by Crippen LogP contribution is -2.37. The lowest BCUT2D eigenvalue weighted by atomic mass is 10.2. The fourth-order valence-corrected chi connectivity index (χ4v) is 2.55. The monoisotopic (exact) mass is 358 g/mol. The molecule has 114 valence electrons. The first kappa shape index (κ1) is 16.3. The van der Waals surface area contributed by atoms with Crippen molar-refractivity contribution in [3.8, 4) is 0 Å². The highest BCUT2D eigenvalue weighted by Gasteiger charge is 2.12. The van der Waals surface area contributed by atoms with Gasteiger partial charge in [-0.3, -0.25) is 4.90 Å². The second kappa shape index (κ2) is 7.80. The maximum atomic E-state index is 12.3. The Hall–Kier alpha value is -2.07. The second-order valence-corrected chi connectivity index (χ2v) is 5.84. The molecule has 0 radical (unpaired) electrons. The van der Waals surface area contributed by atoms with Gasteiger partial charge in [-0.15, -0.1) is 0 Å². The summed E-state index contributed by atoms with van der Waals surface area (Å²) in [6.45, 7) is 4.59. The molecule has 4 heteroatoms. The number of hydrogen-bond donors (Lipinski definition) is 1. The van der Waals surface area contributed by atoms with Gasteiger partial charge in [-0.2, -0.15) is 0 Å². The third-order valence-electron chi connectivity index (χ3n) is 3.21. The molecular weight excluding hydrogens is 340 g/mol. The number of benzene rings is 2. The lowest BCUT2D eigenvalue weighted by molar-refractivity contribution is 0.249. The molecule has 0 heterocycles. The number of amides is 2. The summed E-state index contributed by atoms with van der Waals surface area (Å²) in [6, 6.07) is 15.7. The van der Waals surface area contributed by atoms with E-state index in [2.05, 4.69) is 21.2 Å². The van der Waals surface area contributed by atoms with Crippen LogP contribution in [0.2, 0.25) is 0 Å². The zero-order valence-corrected chi connectivity index (χ0v) is 14.3. The van der Waals surface area contributed by atoms with Crippen LogP contribution in [0, 0.1) is 6.92 Å². The Morgan fingerprint density at radius 3 is 2.68 bits per heavy atom. The zero-order valence-electron chi connectivity index (χ0n) is 12.7. The van der Waals surface area contributed by atoms with Gasteiger partial charge in [0, 0.05) is 22.9 Å². The maximum Gasteiger partial charge on any atom is 0.325 e. The van der Waals surface area contributed by atoms with Crippen LogP contribution in [0.15, 0.2) is 59.2 Å². The Bertz CT molecular complexity index is 682. The highest BCUT2D eigenvalue weighted by atomic mass is 79.9. The van der Waals surface area contributed by atoms with Gasteiger partial charge in [-0.05, 0) is 55.3 Å². The SMILES string of the molecule is CCN(C(=O)N/C=C/c1cccc(Br)c1)c1cccc(C)c1. The zero-order chi connectivity index (χ0) is 15.9. The van der Waals surface area contributed by atoms with Crippen molar-refractivity contribution in [2.75, 3.05) is 11.4 Å². The smallest absolute Gasteiger partial charge is 0.314 e. The van der Waals surface area contributed by atoms with Gasteiger partial charge in [0.25, 0.3) is 0 Å². The molecule has 0 aliphatic carbocycles. The fraction of sp³-hybridized carbons (Fsp3) is 0.167. The van der Waals surface area contributed by atoms with Crippen molar-refractivity contribution in [1.82, 2.24) is 5.32 Å². The molecule has 0 bridgehead atoms. The van der Waals surface area contributed by atoms with Crippen molar-refractivity contribution in [2.24, 2.45) is 0 Å². The number of anilines is 1. The Balaban J connectivity index is 2.04. The minimum absolute atomic E-state index is 0.139. The van der Waals surface area contributed by atoms with E-state index in [-0.39, 0.29) is 6.03 Å². The molecule has 2 aromatic rings. The number of rotatable bonds is 4. The molecule has 0 saturated heterocycles. The van der Waals surface area contributed by atoms with Gasteiger partial charge in [-0.25, -0.2) is 4.79 Å². The Kier molecular flexibility index (Phi) is 5.78. The largest absolute Gasteiger partial charge is 0.325 e. The molecule has 0 aliphatic rings. The quantitative estimate of drug-likeness (QED) is 0.822. The predicted molar refractivity (Wildman–Crippen MR) is 95.9 cm³/mol. The van der Waals surface area contributed by atoms with Crippen molar-refractivity contribution < 1.29 is 4.79 Å².